The maximum atomic E-state index is 14.8. The van der Waals surface area contributed by atoms with Crippen LogP contribution in [0.5, 0.6) is 5.75 Å². The van der Waals surface area contributed by atoms with Crippen molar-refractivity contribution in [1.29, 1.82) is 0 Å². The lowest BCUT2D eigenvalue weighted by Gasteiger charge is -2.43. The van der Waals surface area contributed by atoms with Crippen LogP contribution in [0, 0.1) is 5.92 Å². The minimum absolute atomic E-state index is 0.0719. The molecule has 0 aromatic heterocycles. The lowest BCUT2D eigenvalue weighted by molar-refractivity contribution is -0.126. The summed E-state index contributed by atoms with van der Waals surface area (Å²) in [6.45, 7) is 3.05. The number of carbonyl (C=O) groups excluding carboxylic acids is 2. The van der Waals surface area contributed by atoms with Gasteiger partial charge in [0.05, 0.1) is 19.4 Å². The van der Waals surface area contributed by atoms with Crippen molar-refractivity contribution < 1.29 is 22.7 Å². The Hall–Kier alpha value is -3.24. The highest BCUT2D eigenvalue weighted by Crippen LogP contribution is 2.62. The normalized spacial score (nSPS) is 22.9. The van der Waals surface area contributed by atoms with E-state index in [-0.39, 0.29) is 23.3 Å². The number of nitrogens with one attached hydrogen (secondary N) is 2. The van der Waals surface area contributed by atoms with Crippen LogP contribution in [-0.2, 0) is 26.8 Å². The number of methoxy groups -OCH3 is 1. The van der Waals surface area contributed by atoms with Crippen LogP contribution in [0.1, 0.15) is 54.1 Å². The Kier molecular flexibility index (Phi) is 7.42. The zero-order valence-electron chi connectivity index (χ0n) is 23.7. The molecule has 2 unspecified atom stereocenters. The first-order valence-electron chi connectivity index (χ1n) is 14.3. The number of benzene rings is 3. The molecule has 2 fully saturated rings. The molecular formula is C32H35ClN3O5S+. The number of fused-ring (bicyclic) bond motifs is 2. The van der Waals surface area contributed by atoms with Crippen LogP contribution in [0.25, 0.3) is 0 Å². The molecular weight excluding hydrogens is 574 g/mol. The Morgan fingerprint density at radius 3 is 2.36 bits per heavy atom. The van der Waals surface area contributed by atoms with Gasteiger partial charge in [-0.2, -0.15) is 8.42 Å². The van der Waals surface area contributed by atoms with Crippen LogP contribution in [0.4, 0.5) is 5.69 Å². The van der Waals surface area contributed by atoms with Crippen molar-refractivity contribution in [2.24, 2.45) is 5.92 Å². The van der Waals surface area contributed by atoms with Crippen LogP contribution < -0.4 is 19.3 Å². The van der Waals surface area contributed by atoms with E-state index in [4.69, 9.17) is 16.3 Å². The second-order valence-corrected chi connectivity index (χ2v) is 13.9. The van der Waals surface area contributed by atoms with Gasteiger partial charge in [-0.1, -0.05) is 29.8 Å². The third-order valence-electron chi connectivity index (χ3n) is 9.28. The van der Waals surface area contributed by atoms with E-state index >= 15 is 0 Å². The van der Waals surface area contributed by atoms with Crippen LogP contribution in [0.15, 0.2) is 71.6 Å². The van der Waals surface area contributed by atoms with Gasteiger partial charge in [-0.3, -0.25) is 4.79 Å². The summed E-state index contributed by atoms with van der Waals surface area (Å²) in [5, 5.41) is 6.95. The molecule has 2 amide bonds. The second-order valence-electron chi connectivity index (χ2n) is 11.5. The van der Waals surface area contributed by atoms with Gasteiger partial charge in [0.25, 0.3) is 5.91 Å². The Morgan fingerprint density at radius 2 is 1.74 bits per heavy atom. The molecule has 2 atom stereocenters. The predicted octanol–water partition coefficient (Wildman–Crippen LogP) is 4.93. The average Bonchev–Trinajstić information content (AvgIpc) is 3.80. The van der Waals surface area contributed by atoms with Crippen molar-refractivity contribution in [2.45, 2.75) is 55.5 Å². The number of hydrogen-bond donors (Lipinski definition) is 2. The molecule has 1 spiro atoms. The van der Waals surface area contributed by atoms with Gasteiger partial charge in [-0.25, -0.2) is 4.79 Å². The van der Waals surface area contributed by atoms with E-state index in [9.17, 15) is 18.0 Å². The summed E-state index contributed by atoms with van der Waals surface area (Å²) in [6.07, 6.45) is 3.09. The summed E-state index contributed by atoms with van der Waals surface area (Å²) in [5.41, 5.74) is 1.90. The smallest absolute Gasteiger partial charge is 0.339 e. The zero-order chi connectivity index (χ0) is 29.7. The van der Waals surface area contributed by atoms with E-state index in [0.29, 0.717) is 48.0 Å². The zero-order valence-corrected chi connectivity index (χ0v) is 25.3. The Labute approximate surface area is 251 Å². The molecule has 1 saturated heterocycles. The number of piperidine rings is 1. The van der Waals surface area contributed by atoms with Crippen molar-refractivity contribution in [1.82, 2.24) is 14.5 Å². The van der Waals surface area contributed by atoms with Gasteiger partial charge in [0, 0.05) is 34.7 Å². The topological polar surface area (TPSA) is 102 Å². The highest BCUT2D eigenvalue weighted by atomic mass is 35.5. The van der Waals surface area contributed by atoms with E-state index in [1.54, 1.807) is 30.3 Å². The van der Waals surface area contributed by atoms with E-state index in [1.807, 2.05) is 24.3 Å². The molecule has 6 rings (SSSR count). The van der Waals surface area contributed by atoms with Gasteiger partial charge in [-0.15, -0.1) is 3.89 Å². The number of amides is 2. The van der Waals surface area contributed by atoms with Crippen molar-refractivity contribution in [3.05, 3.63) is 88.4 Å². The minimum Gasteiger partial charge on any atom is -0.497 e. The standard InChI is InChI=1S/C32H34ClN3O5S/c1-21(37)36(42(39,40)26-12-10-25(41-2)11-13-26)29-14-9-23(31(38)35-20-24-5-3-4-6-28(24)33)19-27(29)32(15-17-34-18-16-32)30(36)22-7-8-22/h3-6,9-14,19,22,30,34H,7-8,15-18,20H2,1-2H3/p+1. The van der Waals surface area contributed by atoms with Crippen molar-refractivity contribution in [2.75, 3.05) is 20.2 Å². The van der Waals surface area contributed by atoms with Gasteiger partial charge in [0.2, 0.25) is 0 Å². The third-order valence-corrected chi connectivity index (χ3v) is 12.0. The molecule has 3 aromatic carbocycles. The molecule has 0 bridgehead atoms. The van der Waals surface area contributed by atoms with E-state index in [0.717, 1.165) is 24.0 Å². The Bertz CT molecular complexity index is 1650. The molecule has 2 N–H and O–H groups in total. The van der Waals surface area contributed by atoms with Gasteiger partial charge in [0.1, 0.15) is 16.7 Å². The maximum absolute atomic E-state index is 14.8. The average molecular weight is 609 g/mol. The fraction of sp³-hybridized carbons (Fsp3) is 0.375. The number of nitrogens with zero attached hydrogens (tertiary/aromatic N) is 1. The third kappa shape index (κ3) is 4.37. The summed E-state index contributed by atoms with van der Waals surface area (Å²) in [6, 6.07) is 18.3. The molecule has 3 aliphatic rings. The molecule has 2 heterocycles. The molecule has 8 nitrogen and oxygen atoms in total. The number of hydrogen-bond acceptors (Lipinski definition) is 6. The summed E-state index contributed by atoms with van der Waals surface area (Å²) >= 11 is 6.30. The van der Waals surface area contributed by atoms with Crippen molar-refractivity contribution in [3.8, 4) is 5.75 Å². The van der Waals surface area contributed by atoms with Gasteiger partial charge in [0.15, 0.2) is 5.69 Å². The number of rotatable bonds is 7. The second kappa shape index (κ2) is 10.8. The first-order chi connectivity index (χ1) is 20.2. The number of carbonyl (C=O) groups is 2. The predicted molar refractivity (Wildman–Crippen MR) is 162 cm³/mol. The SMILES string of the molecule is COc1ccc(S(=O)(=O)[N+]2(C(C)=O)c3ccc(C(=O)NCc4ccccc4Cl)cc3C3(CCNCC3)C2C2CC2)cc1. The van der Waals surface area contributed by atoms with Crippen LogP contribution in [-0.4, -0.2) is 46.5 Å². The Balaban J connectivity index is 1.51. The molecule has 0 radical (unpaired) electrons. The molecule has 220 valence electrons. The summed E-state index contributed by atoms with van der Waals surface area (Å²) in [7, 11) is -2.73. The van der Waals surface area contributed by atoms with Gasteiger partial charge in [-0.05, 0) is 86.8 Å². The first kappa shape index (κ1) is 28.9. The van der Waals surface area contributed by atoms with Crippen molar-refractivity contribution in [3.63, 3.8) is 0 Å². The van der Waals surface area contributed by atoms with Crippen LogP contribution >= 0.6 is 11.6 Å². The molecule has 2 aliphatic heterocycles. The Morgan fingerprint density at radius 1 is 1.05 bits per heavy atom. The fourth-order valence-corrected chi connectivity index (χ4v) is 9.71. The molecule has 10 heteroatoms. The van der Waals surface area contributed by atoms with Gasteiger partial charge >= 0.3 is 15.9 Å². The van der Waals surface area contributed by atoms with Gasteiger partial charge < -0.3 is 15.4 Å². The highest BCUT2D eigenvalue weighted by Gasteiger charge is 2.73. The lowest BCUT2D eigenvalue weighted by Crippen LogP contribution is -2.67. The fourth-order valence-electron chi connectivity index (χ4n) is 7.27. The quantitative estimate of drug-likeness (QED) is 0.369. The van der Waals surface area contributed by atoms with E-state index < -0.39 is 31.3 Å². The lowest BCUT2D eigenvalue weighted by atomic mass is 9.68. The number of halogens is 1. The largest absolute Gasteiger partial charge is 0.497 e. The number of ether oxygens (including phenoxy) is 1. The van der Waals surface area contributed by atoms with E-state index in [2.05, 4.69) is 10.6 Å². The maximum Gasteiger partial charge on any atom is 0.339 e. The summed E-state index contributed by atoms with van der Waals surface area (Å²) in [5.74, 6) is -0.109. The minimum atomic E-state index is -4.25. The van der Waals surface area contributed by atoms with E-state index in [1.165, 1.54) is 26.2 Å². The molecule has 1 aliphatic carbocycles. The van der Waals surface area contributed by atoms with Crippen molar-refractivity contribution >= 4 is 39.1 Å². The van der Waals surface area contributed by atoms with Crippen LogP contribution in [0.3, 0.4) is 0 Å². The number of quaternary nitrogens is 1. The molecule has 42 heavy (non-hydrogen) atoms. The molecule has 3 aromatic rings. The monoisotopic (exact) mass is 608 g/mol. The number of sulfonamides is 1. The summed E-state index contributed by atoms with van der Waals surface area (Å²) in [4.78, 5) is 27.5. The highest BCUT2D eigenvalue weighted by molar-refractivity contribution is 7.91. The summed E-state index contributed by atoms with van der Waals surface area (Å²) < 4.78 is 34.2. The van der Waals surface area contributed by atoms with Crippen LogP contribution in [0.2, 0.25) is 5.02 Å². The first-order valence-corrected chi connectivity index (χ1v) is 16.1. The molecule has 1 saturated carbocycles.